The summed E-state index contributed by atoms with van der Waals surface area (Å²) < 4.78 is 5.11. The summed E-state index contributed by atoms with van der Waals surface area (Å²) in [5.74, 6) is -0.00483. The number of pyridine rings is 1. The lowest BCUT2D eigenvalue weighted by molar-refractivity contribution is 0.0518. The SMILES string of the molecule is O=C(c1ccco1)N1CCN(C(=O)c2cccnc2Cl)CC1. The third-order valence-corrected chi connectivity index (χ3v) is 3.88. The molecule has 3 heterocycles. The van der Waals surface area contributed by atoms with E-state index in [1.165, 1.54) is 6.26 Å². The Kier molecular flexibility index (Phi) is 4.11. The molecule has 0 atom stereocenters. The van der Waals surface area contributed by atoms with Crippen LogP contribution in [-0.4, -0.2) is 52.8 Å². The molecule has 1 fully saturated rings. The van der Waals surface area contributed by atoms with E-state index in [2.05, 4.69) is 4.98 Å². The van der Waals surface area contributed by atoms with Gasteiger partial charge >= 0.3 is 0 Å². The van der Waals surface area contributed by atoms with Gasteiger partial charge in [0.15, 0.2) is 5.76 Å². The summed E-state index contributed by atoms with van der Waals surface area (Å²) in [7, 11) is 0. The van der Waals surface area contributed by atoms with Crippen LogP contribution in [0.5, 0.6) is 0 Å². The molecule has 0 unspecified atom stereocenters. The van der Waals surface area contributed by atoms with Crippen molar-refractivity contribution in [1.82, 2.24) is 14.8 Å². The molecular weight excluding hydrogens is 306 g/mol. The van der Waals surface area contributed by atoms with Crippen molar-refractivity contribution in [3.63, 3.8) is 0 Å². The molecule has 3 rings (SSSR count). The second-order valence-corrected chi connectivity index (χ2v) is 5.26. The van der Waals surface area contributed by atoms with Crippen LogP contribution in [0.1, 0.15) is 20.9 Å². The number of amides is 2. The lowest BCUT2D eigenvalue weighted by Crippen LogP contribution is -2.50. The average molecular weight is 320 g/mol. The van der Waals surface area contributed by atoms with E-state index in [1.54, 1.807) is 40.3 Å². The van der Waals surface area contributed by atoms with Gasteiger partial charge in [-0.3, -0.25) is 9.59 Å². The minimum atomic E-state index is -0.164. The van der Waals surface area contributed by atoms with Gasteiger partial charge in [-0.25, -0.2) is 4.98 Å². The first kappa shape index (κ1) is 14.6. The molecule has 7 heteroatoms. The van der Waals surface area contributed by atoms with Crippen molar-refractivity contribution in [2.24, 2.45) is 0 Å². The number of piperazine rings is 1. The number of nitrogens with zero attached hydrogens (tertiary/aromatic N) is 3. The standard InChI is InChI=1S/C15H14ClN3O3/c16-13-11(3-1-5-17-13)14(20)18-6-8-19(9-7-18)15(21)12-4-2-10-22-12/h1-5,10H,6-9H2. The van der Waals surface area contributed by atoms with Crippen LogP contribution in [0.2, 0.25) is 5.15 Å². The second-order valence-electron chi connectivity index (χ2n) is 4.90. The van der Waals surface area contributed by atoms with Crippen LogP contribution >= 0.6 is 11.6 Å². The van der Waals surface area contributed by atoms with E-state index in [4.69, 9.17) is 16.0 Å². The highest BCUT2D eigenvalue weighted by Crippen LogP contribution is 2.16. The van der Waals surface area contributed by atoms with Crippen molar-refractivity contribution >= 4 is 23.4 Å². The molecule has 0 radical (unpaired) electrons. The van der Waals surface area contributed by atoms with Crippen LogP contribution in [0.25, 0.3) is 0 Å². The van der Waals surface area contributed by atoms with Crippen molar-refractivity contribution in [1.29, 1.82) is 0 Å². The van der Waals surface area contributed by atoms with E-state index in [0.717, 1.165) is 0 Å². The Morgan fingerprint density at radius 1 is 1.05 bits per heavy atom. The Morgan fingerprint density at radius 3 is 2.32 bits per heavy atom. The van der Waals surface area contributed by atoms with Gasteiger partial charge in [-0.05, 0) is 24.3 Å². The number of aromatic nitrogens is 1. The smallest absolute Gasteiger partial charge is 0.289 e. The minimum Gasteiger partial charge on any atom is -0.459 e. The fraction of sp³-hybridized carbons (Fsp3) is 0.267. The third-order valence-electron chi connectivity index (χ3n) is 3.58. The van der Waals surface area contributed by atoms with Crippen LogP contribution < -0.4 is 0 Å². The maximum Gasteiger partial charge on any atom is 0.289 e. The van der Waals surface area contributed by atoms with E-state index >= 15 is 0 Å². The minimum absolute atomic E-state index is 0.156. The normalized spacial score (nSPS) is 15.0. The van der Waals surface area contributed by atoms with Gasteiger partial charge in [-0.2, -0.15) is 0 Å². The molecule has 2 amide bonds. The molecule has 0 N–H and O–H groups in total. The van der Waals surface area contributed by atoms with Gasteiger partial charge in [0.1, 0.15) is 5.15 Å². The number of furan rings is 1. The molecule has 1 aliphatic rings. The third kappa shape index (κ3) is 2.82. The first-order valence-corrected chi connectivity index (χ1v) is 7.27. The summed E-state index contributed by atoms with van der Waals surface area (Å²) in [6, 6.07) is 6.64. The van der Waals surface area contributed by atoms with Crippen LogP contribution in [0.3, 0.4) is 0 Å². The van der Waals surface area contributed by atoms with Crippen molar-refractivity contribution in [2.75, 3.05) is 26.2 Å². The van der Waals surface area contributed by atoms with E-state index in [0.29, 0.717) is 37.5 Å². The summed E-state index contributed by atoms with van der Waals surface area (Å²) in [6.45, 7) is 1.83. The first-order chi connectivity index (χ1) is 10.7. The Morgan fingerprint density at radius 2 is 1.73 bits per heavy atom. The zero-order valence-corrected chi connectivity index (χ0v) is 12.5. The zero-order valence-electron chi connectivity index (χ0n) is 11.7. The van der Waals surface area contributed by atoms with Crippen molar-refractivity contribution in [2.45, 2.75) is 0 Å². The number of hydrogen-bond donors (Lipinski definition) is 0. The predicted octanol–water partition coefficient (Wildman–Crippen LogP) is 1.93. The summed E-state index contributed by atoms with van der Waals surface area (Å²) >= 11 is 5.95. The highest BCUT2D eigenvalue weighted by atomic mass is 35.5. The van der Waals surface area contributed by atoms with Crippen molar-refractivity contribution in [3.8, 4) is 0 Å². The Balaban J connectivity index is 1.63. The van der Waals surface area contributed by atoms with E-state index in [-0.39, 0.29) is 17.0 Å². The Labute approximate surface area is 132 Å². The topological polar surface area (TPSA) is 66.7 Å². The molecule has 2 aromatic rings. The molecule has 114 valence electrons. The largest absolute Gasteiger partial charge is 0.459 e. The Bertz CT molecular complexity index is 679. The Hall–Kier alpha value is -2.34. The quantitative estimate of drug-likeness (QED) is 0.793. The van der Waals surface area contributed by atoms with Gasteiger partial charge in [0, 0.05) is 32.4 Å². The molecule has 1 aliphatic heterocycles. The molecular formula is C15H14ClN3O3. The molecule has 0 saturated carbocycles. The van der Waals surface area contributed by atoms with Gasteiger partial charge in [0.2, 0.25) is 0 Å². The first-order valence-electron chi connectivity index (χ1n) is 6.89. The van der Waals surface area contributed by atoms with Gasteiger partial charge < -0.3 is 14.2 Å². The molecule has 1 saturated heterocycles. The monoisotopic (exact) mass is 319 g/mol. The lowest BCUT2D eigenvalue weighted by atomic mass is 10.2. The molecule has 0 bridgehead atoms. The van der Waals surface area contributed by atoms with Crippen LogP contribution in [0.4, 0.5) is 0 Å². The lowest BCUT2D eigenvalue weighted by Gasteiger charge is -2.34. The second kappa shape index (κ2) is 6.19. The maximum absolute atomic E-state index is 12.4. The van der Waals surface area contributed by atoms with Crippen LogP contribution in [0.15, 0.2) is 41.1 Å². The van der Waals surface area contributed by atoms with Gasteiger partial charge in [-0.15, -0.1) is 0 Å². The number of halogens is 1. The summed E-state index contributed by atoms with van der Waals surface area (Å²) in [5.41, 5.74) is 0.384. The average Bonchev–Trinajstić information content (AvgIpc) is 3.09. The van der Waals surface area contributed by atoms with Gasteiger partial charge in [0.05, 0.1) is 11.8 Å². The summed E-state index contributed by atoms with van der Waals surface area (Å²) in [4.78, 5) is 31.8. The van der Waals surface area contributed by atoms with E-state index < -0.39 is 0 Å². The number of hydrogen-bond acceptors (Lipinski definition) is 4. The van der Waals surface area contributed by atoms with Gasteiger partial charge in [-0.1, -0.05) is 11.6 Å². The maximum atomic E-state index is 12.4. The van der Waals surface area contributed by atoms with Gasteiger partial charge in [0.25, 0.3) is 11.8 Å². The molecule has 0 aromatic carbocycles. The number of rotatable bonds is 2. The van der Waals surface area contributed by atoms with Crippen LogP contribution in [0, 0.1) is 0 Å². The van der Waals surface area contributed by atoms with E-state index in [1.807, 2.05) is 0 Å². The van der Waals surface area contributed by atoms with Crippen molar-refractivity contribution < 1.29 is 14.0 Å². The summed E-state index contributed by atoms with van der Waals surface area (Å²) in [6.07, 6.45) is 3.01. The molecule has 0 aliphatic carbocycles. The fourth-order valence-corrected chi connectivity index (χ4v) is 2.58. The van der Waals surface area contributed by atoms with E-state index in [9.17, 15) is 9.59 Å². The number of carbonyl (C=O) groups excluding carboxylic acids is 2. The fourth-order valence-electron chi connectivity index (χ4n) is 2.38. The highest BCUT2D eigenvalue weighted by molar-refractivity contribution is 6.32. The zero-order chi connectivity index (χ0) is 15.5. The predicted molar refractivity (Wildman–Crippen MR) is 79.8 cm³/mol. The highest BCUT2D eigenvalue weighted by Gasteiger charge is 2.27. The van der Waals surface area contributed by atoms with Crippen LogP contribution in [-0.2, 0) is 0 Å². The van der Waals surface area contributed by atoms with Crippen molar-refractivity contribution in [3.05, 3.63) is 53.2 Å². The summed E-state index contributed by atoms with van der Waals surface area (Å²) in [5, 5.41) is 0.196. The molecule has 22 heavy (non-hydrogen) atoms. The number of carbonyl (C=O) groups is 2. The molecule has 2 aromatic heterocycles. The molecule has 6 nitrogen and oxygen atoms in total. The molecule has 0 spiro atoms.